The van der Waals surface area contributed by atoms with Gasteiger partial charge in [0.15, 0.2) is 0 Å². The third-order valence-corrected chi connectivity index (χ3v) is 10.1. The molecule has 4 atom stereocenters. The number of benzene rings is 3. The highest BCUT2D eigenvalue weighted by Crippen LogP contribution is 2.30. The van der Waals surface area contributed by atoms with Gasteiger partial charge < -0.3 is 35.6 Å². The molecular weight excluding hydrogens is 727 g/mol. The summed E-state index contributed by atoms with van der Waals surface area (Å²) in [7, 11) is 1.55. The second-order valence-corrected chi connectivity index (χ2v) is 15.3. The highest BCUT2D eigenvalue weighted by molar-refractivity contribution is 6.00. The lowest BCUT2D eigenvalue weighted by Crippen LogP contribution is -2.58. The topological polar surface area (TPSA) is 181 Å². The fraction of sp³-hybridized carbons (Fsp3) is 0.419. The van der Waals surface area contributed by atoms with Crippen molar-refractivity contribution in [2.45, 2.75) is 77.0 Å². The lowest BCUT2D eigenvalue weighted by Gasteiger charge is -2.29. The van der Waals surface area contributed by atoms with Gasteiger partial charge in [-0.15, -0.1) is 0 Å². The smallest absolute Gasteiger partial charge is 0.252 e. The van der Waals surface area contributed by atoms with E-state index in [1.54, 1.807) is 74.8 Å². The molecule has 1 aliphatic carbocycles. The molecule has 0 radical (unpaired) electrons. The third-order valence-electron chi connectivity index (χ3n) is 10.1. The first kappa shape index (κ1) is 40.6. The molecule has 5 amide bonds. The number of carbonyl (C=O) groups is 5. The Labute approximate surface area is 332 Å². The van der Waals surface area contributed by atoms with Crippen LogP contribution < -0.4 is 30.7 Å². The first-order chi connectivity index (χ1) is 27.4. The van der Waals surface area contributed by atoms with E-state index in [9.17, 15) is 24.0 Å². The molecule has 7 rings (SSSR count). The average molecular weight is 778 g/mol. The number of amides is 5. The molecule has 0 spiro atoms. The summed E-state index contributed by atoms with van der Waals surface area (Å²) in [5, 5.41) is 11.6. The second-order valence-electron chi connectivity index (χ2n) is 15.3. The lowest BCUT2D eigenvalue weighted by molar-refractivity contribution is -0.140. The predicted octanol–water partition coefficient (Wildman–Crippen LogP) is 3.37. The lowest BCUT2D eigenvalue weighted by atomic mass is 10.0. The number of fused-ring (bicyclic) bond motifs is 18. The molecule has 3 heterocycles. The number of methoxy groups -OCH3 is 1. The SMILES string of the molecule is COc1ccc(C[C@@H]2NC(=O)[C@@H](NC(=O)c3ccc4nccnc4c3)Cc3ccc(cc3)OC[C@H](CC(C)C)NC(=O)CN(CC3CC3)C(=O)[C@@H](C)NC2=O)cc1. The molecule has 3 aliphatic rings. The summed E-state index contributed by atoms with van der Waals surface area (Å²) in [6.07, 6.45) is 5.82. The summed E-state index contributed by atoms with van der Waals surface area (Å²) >= 11 is 0. The van der Waals surface area contributed by atoms with Crippen LogP contribution in [0, 0.1) is 11.8 Å². The highest BCUT2D eigenvalue weighted by atomic mass is 16.5. The molecule has 1 aromatic heterocycles. The summed E-state index contributed by atoms with van der Waals surface area (Å²) in [6, 6.07) is 15.6. The van der Waals surface area contributed by atoms with Gasteiger partial charge in [0.2, 0.25) is 23.6 Å². The molecule has 1 fully saturated rings. The number of ether oxygens (including phenoxy) is 2. The molecule has 3 aromatic carbocycles. The van der Waals surface area contributed by atoms with Gasteiger partial charge in [-0.05, 0) is 91.6 Å². The van der Waals surface area contributed by atoms with E-state index in [1.807, 2.05) is 12.1 Å². The van der Waals surface area contributed by atoms with Crippen molar-refractivity contribution in [1.82, 2.24) is 36.1 Å². The molecule has 14 nitrogen and oxygen atoms in total. The Morgan fingerprint density at radius 1 is 0.912 bits per heavy atom. The Hall–Kier alpha value is -6.05. The maximum atomic E-state index is 14.3. The van der Waals surface area contributed by atoms with Gasteiger partial charge >= 0.3 is 0 Å². The first-order valence-electron chi connectivity index (χ1n) is 19.5. The van der Waals surface area contributed by atoms with Crippen LogP contribution in [0.3, 0.4) is 0 Å². The van der Waals surface area contributed by atoms with Crippen molar-refractivity contribution < 1.29 is 33.4 Å². The number of aromatic nitrogens is 2. The summed E-state index contributed by atoms with van der Waals surface area (Å²) in [5.74, 6) is -0.696. The van der Waals surface area contributed by atoms with Crippen LogP contribution in [0.1, 0.15) is 61.5 Å². The van der Waals surface area contributed by atoms with Crippen LogP contribution in [0.25, 0.3) is 11.0 Å². The van der Waals surface area contributed by atoms with Gasteiger partial charge in [0, 0.05) is 37.3 Å². The molecule has 0 unspecified atom stereocenters. The van der Waals surface area contributed by atoms with E-state index in [4.69, 9.17) is 9.47 Å². The first-order valence-corrected chi connectivity index (χ1v) is 19.5. The van der Waals surface area contributed by atoms with Crippen LogP contribution in [0.4, 0.5) is 0 Å². The van der Waals surface area contributed by atoms with E-state index < -0.39 is 41.8 Å². The number of rotatable bonds is 9. The number of nitrogens with one attached hydrogen (secondary N) is 4. The van der Waals surface area contributed by atoms with Gasteiger partial charge in [-0.2, -0.15) is 0 Å². The van der Waals surface area contributed by atoms with Gasteiger partial charge in [0.1, 0.15) is 36.2 Å². The summed E-state index contributed by atoms with van der Waals surface area (Å²) in [6.45, 7) is 6.13. The van der Waals surface area contributed by atoms with Crippen LogP contribution >= 0.6 is 0 Å². The minimum Gasteiger partial charge on any atom is -0.497 e. The standard InChI is InChI=1S/C43H51N7O7/c1-26(2)19-32-25-57-34-14-9-29(10-15-34)21-38(48-40(52)31-11-16-35-36(22-31)45-18-17-44-35)42(54)49-37(20-28-7-12-33(56-4)13-8-28)41(53)46-27(3)43(55)50(23-30-5-6-30)24-39(51)47-32/h7-18,22,26-27,30,32,37-38H,5-6,19-21,23-25H2,1-4H3,(H,46,53)(H,47,51)(H,48,52)(H,49,54)/t27-,32+,37+,38+/m1/s1. The van der Waals surface area contributed by atoms with Crippen LogP contribution in [0.15, 0.2) is 79.1 Å². The Morgan fingerprint density at radius 2 is 1.63 bits per heavy atom. The maximum Gasteiger partial charge on any atom is 0.252 e. The zero-order chi connectivity index (χ0) is 40.5. The zero-order valence-corrected chi connectivity index (χ0v) is 32.8. The molecule has 4 aromatic rings. The summed E-state index contributed by atoms with van der Waals surface area (Å²) in [5.41, 5.74) is 2.86. The Balaban J connectivity index is 1.32. The van der Waals surface area contributed by atoms with Crippen LogP contribution in [-0.2, 0) is 32.0 Å². The fourth-order valence-electron chi connectivity index (χ4n) is 6.87. The van der Waals surface area contributed by atoms with Crippen LogP contribution in [-0.4, -0.2) is 95.4 Å². The zero-order valence-electron chi connectivity index (χ0n) is 32.8. The average Bonchev–Trinajstić information content (AvgIpc) is 4.03. The minimum absolute atomic E-state index is 0.0734. The van der Waals surface area contributed by atoms with Gasteiger partial charge in [-0.1, -0.05) is 38.1 Å². The number of nitrogens with zero attached hydrogens (tertiary/aromatic N) is 3. The Morgan fingerprint density at radius 3 is 2.32 bits per heavy atom. The van der Waals surface area contributed by atoms with Gasteiger partial charge in [-0.25, -0.2) is 0 Å². The van der Waals surface area contributed by atoms with Crippen molar-refractivity contribution in [3.05, 3.63) is 95.8 Å². The highest BCUT2D eigenvalue weighted by Gasteiger charge is 2.34. The quantitative estimate of drug-likeness (QED) is 0.185. The second kappa shape index (κ2) is 18.7. The van der Waals surface area contributed by atoms with E-state index in [1.165, 1.54) is 11.1 Å². The molecule has 4 N–H and O–H groups in total. The Bertz CT molecular complexity index is 2050. The Kier molecular flexibility index (Phi) is 13.3. The van der Waals surface area contributed by atoms with Gasteiger partial charge in [0.25, 0.3) is 5.91 Å². The molecule has 14 heteroatoms. The number of carbonyl (C=O) groups excluding carboxylic acids is 5. The molecule has 2 bridgehead atoms. The molecule has 57 heavy (non-hydrogen) atoms. The number of hydrogen-bond donors (Lipinski definition) is 4. The molecular formula is C43H51N7O7. The predicted molar refractivity (Wildman–Crippen MR) is 213 cm³/mol. The van der Waals surface area contributed by atoms with E-state index in [2.05, 4.69) is 45.1 Å². The van der Waals surface area contributed by atoms with E-state index in [0.717, 1.165) is 24.0 Å². The summed E-state index contributed by atoms with van der Waals surface area (Å²) in [4.78, 5) is 79.7. The fourth-order valence-corrected chi connectivity index (χ4v) is 6.87. The normalized spacial score (nSPS) is 21.3. The van der Waals surface area contributed by atoms with E-state index >= 15 is 0 Å². The molecule has 300 valence electrons. The largest absolute Gasteiger partial charge is 0.497 e. The van der Waals surface area contributed by atoms with E-state index in [-0.39, 0.29) is 55.3 Å². The monoisotopic (exact) mass is 777 g/mol. The van der Waals surface area contributed by atoms with Crippen molar-refractivity contribution in [1.29, 1.82) is 0 Å². The number of hydrogen-bond acceptors (Lipinski definition) is 9. The summed E-state index contributed by atoms with van der Waals surface area (Å²) < 4.78 is 11.4. The third kappa shape index (κ3) is 11.5. The van der Waals surface area contributed by atoms with Crippen molar-refractivity contribution in [3.63, 3.8) is 0 Å². The van der Waals surface area contributed by atoms with Crippen molar-refractivity contribution in [2.75, 3.05) is 26.8 Å². The molecule has 0 saturated heterocycles. The van der Waals surface area contributed by atoms with Crippen molar-refractivity contribution in [2.24, 2.45) is 11.8 Å². The van der Waals surface area contributed by atoms with Crippen LogP contribution in [0.5, 0.6) is 11.5 Å². The molecule has 1 saturated carbocycles. The van der Waals surface area contributed by atoms with E-state index in [0.29, 0.717) is 35.5 Å². The van der Waals surface area contributed by atoms with Crippen molar-refractivity contribution >= 4 is 40.6 Å². The van der Waals surface area contributed by atoms with Gasteiger partial charge in [0.05, 0.1) is 30.7 Å². The van der Waals surface area contributed by atoms with Gasteiger partial charge in [-0.3, -0.25) is 33.9 Å². The maximum absolute atomic E-state index is 14.3. The minimum atomic E-state index is -1.14. The van der Waals surface area contributed by atoms with Crippen LogP contribution in [0.2, 0.25) is 0 Å². The molecule has 2 aliphatic heterocycles. The van der Waals surface area contributed by atoms with Crippen molar-refractivity contribution in [3.8, 4) is 11.5 Å².